The minimum atomic E-state index is 0.0362. The van der Waals surface area contributed by atoms with E-state index in [2.05, 4.69) is 12.1 Å². The number of aromatic nitrogens is 1. The molecule has 1 aliphatic heterocycles. The molecule has 1 aromatic heterocycles. The quantitative estimate of drug-likeness (QED) is 0.652. The lowest BCUT2D eigenvalue weighted by atomic mass is 10.1. The van der Waals surface area contributed by atoms with Crippen molar-refractivity contribution in [1.82, 2.24) is 9.88 Å². The highest BCUT2D eigenvalue weighted by molar-refractivity contribution is 7.18. The summed E-state index contributed by atoms with van der Waals surface area (Å²) >= 11 is 1.76. The van der Waals surface area contributed by atoms with Crippen molar-refractivity contribution in [3.05, 3.63) is 65.2 Å². The van der Waals surface area contributed by atoms with Gasteiger partial charge in [-0.15, -0.1) is 11.3 Å². The zero-order valence-electron chi connectivity index (χ0n) is 15.8. The Bertz CT molecular complexity index is 929. The van der Waals surface area contributed by atoms with Gasteiger partial charge in [0.1, 0.15) is 11.6 Å². The Morgan fingerprint density at radius 1 is 0.964 bits per heavy atom. The smallest absolute Gasteiger partial charge is 0.223 e. The van der Waals surface area contributed by atoms with Crippen LogP contribution in [0.25, 0.3) is 10.2 Å². The molecule has 0 atom stereocenters. The van der Waals surface area contributed by atoms with Crippen LogP contribution in [0.2, 0.25) is 0 Å². The number of hydrogen-bond donors (Lipinski definition) is 1. The molecule has 1 amide bonds. The lowest BCUT2D eigenvalue weighted by molar-refractivity contribution is -0.917. The molecule has 3 aromatic rings. The van der Waals surface area contributed by atoms with Gasteiger partial charge in [-0.1, -0.05) is 42.5 Å². The van der Waals surface area contributed by atoms with Gasteiger partial charge in [-0.05, 0) is 12.1 Å². The lowest BCUT2D eigenvalue weighted by Gasteiger charge is -2.31. The van der Waals surface area contributed by atoms with Gasteiger partial charge in [0.05, 0.1) is 36.4 Å². The van der Waals surface area contributed by atoms with Crippen molar-refractivity contribution >= 4 is 33.2 Å². The van der Waals surface area contributed by atoms with Crippen LogP contribution in [-0.4, -0.2) is 47.8 Å². The van der Waals surface area contributed by atoms with Crippen LogP contribution in [0.4, 0.5) is 0 Å². The Morgan fingerprint density at radius 2 is 1.68 bits per heavy atom. The average molecular weight is 395 g/mol. The third-order valence-corrected chi connectivity index (χ3v) is 6.26. The van der Waals surface area contributed by atoms with Crippen LogP contribution in [0, 0.1) is 0 Å². The number of carbonyl (C=O) groups is 2. The Balaban J connectivity index is 1.24. The molecule has 2 heterocycles. The maximum absolute atomic E-state index is 12.5. The van der Waals surface area contributed by atoms with Crippen LogP contribution < -0.4 is 4.90 Å². The summed E-state index contributed by atoms with van der Waals surface area (Å²) < 4.78 is 1.23. The van der Waals surface area contributed by atoms with Crippen molar-refractivity contribution in [3.8, 4) is 0 Å². The molecule has 5 nitrogen and oxygen atoms in total. The maximum Gasteiger partial charge on any atom is 0.223 e. The van der Waals surface area contributed by atoms with E-state index >= 15 is 0 Å². The Labute approximate surface area is 168 Å². The second-order valence-electron chi connectivity index (χ2n) is 7.17. The fourth-order valence-electron chi connectivity index (χ4n) is 3.61. The summed E-state index contributed by atoms with van der Waals surface area (Å²) in [6, 6.07) is 17.4. The highest BCUT2D eigenvalue weighted by Gasteiger charge is 2.24. The van der Waals surface area contributed by atoms with E-state index in [1.807, 2.05) is 35.2 Å². The molecular formula is C22H24N3O2S+. The molecular weight excluding hydrogens is 370 g/mol. The van der Waals surface area contributed by atoms with Crippen molar-refractivity contribution in [2.24, 2.45) is 0 Å². The Morgan fingerprint density at radius 3 is 2.43 bits per heavy atom. The molecule has 6 heteroatoms. The second-order valence-corrected chi connectivity index (χ2v) is 8.29. The zero-order valence-corrected chi connectivity index (χ0v) is 16.6. The monoisotopic (exact) mass is 394 g/mol. The van der Waals surface area contributed by atoms with Gasteiger partial charge >= 0.3 is 0 Å². The number of thiazole rings is 1. The number of piperazine rings is 1. The van der Waals surface area contributed by atoms with E-state index in [1.54, 1.807) is 23.5 Å². The average Bonchev–Trinajstić information content (AvgIpc) is 3.15. The van der Waals surface area contributed by atoms with E-state index in [9.17, 15) is 9.59 Å². The number of rotatable bonds is 6. The molecule has 28 heavy (non-hydrogen) atoms. The first-order valence-corrected chi connectivity index (χ1v) is 10.5. The number of para-hydroxylation sites is 1. The first-order chi connectivity index (χ1) is 13.7. The van der Waals surface area contributed by atoms with Crippen molar-refractivity contribution in [2.45, 2.75) is 19.4 Å². The number of Topliss-reactive ketones (excluding diaryl/α,β-unsaturated/α-hetero) is 1. The summed E-state index contributed by atoms with van der Waals surface area (Å²) in [5.41, 5.74) is 1.75. The van der Waals surface area contributed by atoms with E-state index in [0.29, 0.717) is 12.0 Å². The number of fused-ring (bicyclic) bond motifs is 1. The largest absolute Gasteiger partial charge is 0.331 e. The fourth-order valence-corrected chi connectivity index (χ4v) is 4.64. The molecule has 1 N–H and O–H groups in total. The standard InChI is InChI=1S/C22H23N3O2S/c26-19(17-6-2-1-3-7-17)10-11-22(27)25-14-12-24(13-15-25)16-21-23-18-8-4-5-9-20(18)28-21/h1-9H,10-16H2/p+1. The van der Waals surface area contributed by atoms with Crippen molar-refractivity contribution in [2.75, 3.05) is 26.2 Å². The van der Waals surface area contributed by atoms with Crippen molar-refractivity contribution < 1.29 is 14.5 Å². The summed E-state index contributed by atoms with van der Waals surface area (Å²) in [6.07, 6.45) is 0.572. The molecule has 1 saturated heterocycles. The van der Waals surface area contributed by atoms with E-state index in [1.165, 1.54) is 9.60 Å². The van der Waals surface area contributed by atoms with Crippen molar-refractivity contribution in [1.29, 1.82) is 0 Å². The summed E-state index contributed by atoms with van der Waals surface area (Å²) in [6.45, 7) is 4.26. The predicted molar refractivity (Wildman–Crippen MR) is 111 cm³/mol. The Hall–Kier alpha value is -2.57. The highest BCUT2D eigenvalue weighted by Crippen LogP contribution is 2.20. The summed E-state index contributed by atoms with van der Waals surface area (Å²) in [5.74, 6) is 0.123. The van der Waals surface area contributed by atoms with Crippen molar-refractivity contribution in [3.63, 3.8) is 0 Å². The molecule has 0 radical (unpaired) electrons. The van der Waals surface area contributed by atoms with Gasteiger partial charge in [-0.3, -0.25) is 9.59 Å². The molecule has 0 bridgehead atoms. The number of quaternary nitrogens is 1. The normalized spacial score (nSPS) is 15.1. The molecule has 144 valence electrons. The molecule has 1 fully saturated rings. The first-order valence-electron chi connectivity index (χ1n) is 9.73. The first kappa shape index (κ1) is 18.8. The van der Waals surface area contributed by atoms with E-state index in [0.717, 1.165) is 43.2 Å². The molecule has 0 spiro atoms. The third kappa shape index (κ3) is 4.46. The van der Waals surface area contributed by atoms with Gasteiger partial charge < -0.3 is 9.80 Å². The second kappa shape index (κ2) is 8.63. The number of benzene rings is 2. The molecule has 2 aromatic carbocycles. The molecule has 0 aliphatic carbocycles. The van der Waals surface area contributed by atoms with Gasteiger partial charge in [0.2, 0.25) is 5.91 Å². The Kier molecular flexibility index (Phi) is 5.78. The molecule has 1 aliphatic rings. The lowest BCUT2D eigenvalue weighted by Crippen LogP contribution is -3.13. The van der Waals surface area contributed by atoms with Crippen LogP contribution in [0.3, 0.4) is 0 Å². The van der Waals surface area contributed by atoms with Gasteiger partial charge in [0.25, 0.3) is 0 Å². The summed E-state index contributed by atoms with van der Waals surface area (Å²) in [4.78, 5) is 32.7. The topological polar surface area (TPSA) is 54.7 Å². The highest BCUT2D eigenvalue weighted by atomic mass is 32.1. The summed E-state index contributed by atoms with van der Waals surface area (Å²) in [5, 5.41) is 1.16. The van der Waals surface area contributed by atoms with Crippen LogP contribution in [0.15, 0.2) is 54.6 Å². The number of amides is 1. The predicted octanol–water partition coefficient (Wildman–Crippen LogP) is 2.19. The maximum atomic E-state index is 12.5. The third-order valence-electron chi connectivity index (χ3n) is 5.22. The fraction of sp³-hybridized carbons (Fsp3) is 0.318. The minimum Gasteiger partial charge on any atom is -0.331 e. The van der Waals surface area contributed by atoms with E-state index in [-0.39, 0.29) is 18.1 Å². The minimum absolute atomic E-state index is 0.0362. The van der Waals surface area contributed by atoms with Gasteiger partial charge in [0, 0.05) is 18.4 Å². The van der Waals surface area contributed by atoms with Gasteiger partial charge in [-0.25, -0.2) is 4.98 Å². The molecule has 0 saturated carbocycles. The van der Waals surface area contributed by atoms with Crippen LogP contribution in [-0.2, 0) is 11.3 Å². The van der Waals surface area contributed by atoms with Gasteiger partial charge in [0.15, 0.2) is 5.78 Å². The van der Waals surface area contributed by atoms with Crippen LogP contribution in [0.5, 0.6) is 0 Å². The number of nitrogens with zero attached hydrogens (tertiary/aromatic N) is 2. The number of carbonyl (C=O) groups excluding carboxylic acids is 2. The molecule has 4 rings (SSSR count). The number of nitrogens with one attached hydrogen (secondary N) is 1. The summed E-state index contributed by atoms with van der Waals surface area (Å²) in [7, 11) is 0. The van der Waals surface area contributed by atoms with Crippen LogP contribution in [0.1, 0.15) is 28.2 Å². The van der Waals surface area contributed by atoms with E-state index < -0.39 is 0 Å². The zero-order chi connectivity index (χ0) is 19.3. The number of hydrogen-bond acceptors (Lipinski definition) is 4. The van der Waals surface area contributed by atoms with Gasteiger partial charge in [-0.2, -0.15) is 0 Å². The molecule has 0 unspecified atom stereocenters. The van der Waals surface area contributed by atoms with E-state index in [4.69, 9.17) is 4.98 Å². The van der Waals surface area contributed by atoms with Crippen LogP contribution >= 0.6 is 11.3 Å². The number of ketones is 1. The SMILES string of the molecule is O=C(CCC(=O)N1CC[NH+](Cc2nc3ccccc3s2)CC1)c1ccccc1.